The number of hydrogen-bond donors (Lipinski definition) is 1. The van der Waals surface area contributed by atoms with E-state index >= 15 is 0 Å². The fourth-order valence-corrected chi connectivity index (χ4v) is 5.37. The second kappa shape index (κ2) is 8.35. The van der Waals surface area contributed by atoms with Gasteiger partial charge < -0.3 is 0 Å². The quantitative estimate of drug-likeness (QED) is 0.460. The number of benzene rings is 3. The molecule has 5 nitrogen and oxygen atoms in total. The zero-order valence-electron chi connectivity index (χ0n) is 16.1. The minimum absolute atomic E-state index is 0.133. The van der Waals surface area contributed by atoms with Crippen molar-refractivity contribution in [1.29, 1.82) is 0 Å². The second-order valence-corrected chi connectivity index (χ2v) is 10.2. The summed E-state index contributed by atoms with van der Waals surface area (Å²) < 4.78 is 30.3. The van der Waals surface area contributed by atoms with Gasteiger partial charge in [0.2, 0.25) is 10.0 Å². The smallest absolute Gasteiger partial charge is 0.294 e. The average Bonchev–Trinajstić information content (AvgIpc) is 3.04. The lowest BCUT2D eigenvalue weighted by Gasteiger charge is -2.09. The largest absolute Gasteiger partial charge is 0.308 e. The van der Waals surface area contributed by atoms with Crippen LogP contribution in [-0.4, -0.2) is 13.0 Å². The summed E-state index contributed by atoms with van der Waals surface area (Å²) in [4.78, 5) is 12.5. The van der Waals surface area contributed by atoms with E-state index in [0.29, 0.717) is 21.8 Å². The van der Waals surface area contributed by atoms with Gasteiger partial charge in [-0.05, 0) is 42.3 Å². The molecule has 0 aliphatic heterocycles. The lowest BCUT2D eigenvalue weighted by molar-refractivity contribution is 0.581. The summed E-state index contributed by atoms with van der Waals surface area (Å²) >= 11 is 7.25. The van der Waals surface area contributed by atoms with Crippen molar-refractivity contribution in [2.24, 2.45) is 0 Å². The summed E-state index contributed by atoms with van der Waals surface area (Å²) in [5.41, 5.74) is 3.50. The number of sulfonamides is 1. The van der Waals surface area contributed by atoms with Gasteiger partial charge in [-0.2, -0.15) is 0 Å². The molecule has 0 saturated carbocycles. The Kier molecular flexibility index (Phi) is 5.79. The summed E-state index contributed by atoms with van der Waals surface area (Å²) in [6.45, 7) is 2.51. The number of hydrogen-bond acceptors (Lipinski definition) is 4. The third kappa shape index (κ3) is 4.34. The summed E-state index contributed by atoms with van der Waals surface area (Å²) in [6.07, 6.45) is 0. The van der Waals surface area contributed by atoms with Gasteiger partial charge in [-0.15, -0.1) is 0 Å². The van der Waals surface area contributed by atoms with Crippen molar-refractivity contribution in [3.63, 3.8) is 0 Å². The van der Waals surface area contributed by atoms with E-state index < -0.39 is 10.0 Å². The molecule has 154 valence electrons. The van der Waals surface area contributed by atoms with Crippen molar-refractivity contribution in [2.45, 2.75) is 24.9 Å². The van der Waals surface area contributed by atoms with E-state index in [1.54, 1.807) is 22.8 Å². The zero-order valence-corrected chi connectivity index (χ0v) is 18.5. The van der Waals surface area contributed by atoms with Crippen LogP contribution in [0.2, 0.25) is 5.02 Å². The number of nitrogens with one attached hydrogen (secondary N) is 1. The third-order valence-electron chi connectivity index (χ3n) is 4.82. The Labute approximate surface area is 183 Å². The normalized spacial score (nSPS) is 11.8. The Morgan fingerprint density at radius 2 is 1.77 bits per heavy atom. The number of nitrogens with zero attached hydrogens (tertiary/aromatic N) is 1. The molecule has 0 fully saturated rings. The Hall–Kier alpha value is -2.45. The van der Waals surface area contributed by atoms with Gasteiger partial charge in [-0.3, -0.25) is 9.36 Å². The summed E-state index contributed by atoms with van der Waals surface area (Å²) in [6, 6.07) is 19.7. The van der Waals surface area contributed by atoms with Gasteiger partial charge in [-0.1, -0.05) is 71.0 Å². The fraction of sp³-hybridized carbons (Fsp3) is 0.136. The maximum atomic E-state index is 12.7. The van der Waals surface area contributed by atoms with Crippen LogP contribution in [0.4, 0.5) is 0 Å². The van der Waals surface area contributed by atoms with Gasteiger partial charge in [0.15, 0.2) is 0 Å². The molecular weight excluding hydrogens is 440 g/mol. The Morgan fingerprint density at radius 1 is 1.03 bits per heavy atom. The third-order valence-corrected chi connectivity index (χ3v) is 7.53. The standard InChI is InChI=1S/C22H19ClN2O3S2/c1-15-6-8-16(9-7-15)13-24-30(27,28)18-10-11-20-21(12-18)29-22(26)25(20)14-17-4-2-3-5-19(17)23/h2-12,24H,13-14H2,1H3. The van der Waals surface area contributed by atoms with E-state index in [2.05, 4.69) is 4.72 Å². The highest BCUT2D eigenvalue weighted by atomic mass is 35.5. The Morgan fingerprint density at radius 3 is 2.50 bits per heavy atom. The number of aryl methyl sites for hydroxylation is 1. The van der Waals surface area contributed by atoms with Crippen LogP contribution in [0.1, 0.15) is 16.7 Å². The molecule has 30 heavy (non-hydrogen) atoms. The number of rotatable bonds is 6. The first kappa shape index (κ1) is 20.8. The highest BCUT2D eigenvalue weighted by Crippen LogP contribution is 2.24. The second-order valence-electron chi connectivity index (χ2n) is 6.99. The first-order valence-electron chi connectivity index (χ1n) is 9.25. The van der Waals surface area contributed by atoms with Gasteiger partial charge in [0.05, 0.1) is 21.7 Å². The van der Waals surface area contributed by atoms with E-state index in [-0.39, 0.29) is 16.3 Å². The number of aromatic nitrogens is 1. The van der Waals surface area contributed by atoms with Crippen molar-refractivity contribution < 1.29 is 8.42 Å². The van der Waals surface area contributed by atoms with Crippen molar-refractivity contribution in [3.8, 4) is 0 Å². The zero-order chi connectivity index (χ0) is 21.3. The molecular formula is C22H19ClN2O3S2. The molecule has 0 radical (unpaired) electrons. The molecule has 0 saturated heterocycles. The Balaban J connectivity index is 1.61. The van der Waals surface area contributed by atoms with Gasteiger partial charge in [0.1, 0.15) is 0 Å². The molecule has 0 spiro atoms. The lowest BCUT2D eigenvalue weighted by atomic mass is 10.2. The molecule has 0 aliphatic carbocycles. The van der Waals surface area contributed by atoms with E-state index in [1.165, 1.54) is 6.07 Å². The molecule has 1 N–H and O–H groups in total. The number of thiazole rings is 1. The SMILES string of the molecule is Cc1ccc(CNS(=O)(=O)c2ccc3c(c2)sc(=O)n3Cc2ccccc2Cl)cc1. The molecule has 0 atom stereocenters. The molecule has 0 aliphatic rings. The van der Waals surface area contributed by atoms with Crippen LogP contribution in [0.5, 0.6) is 0 Å². The molecule has 1 heterocycles. The highest BCUT2D eigenvalue weighted by Gasteiger charge is 2.17. The average molecular weight is 459 g/mol. The maximum absolute atomic E-state index is 12.7. The van der Waals surface area contributed by atoms with Gasteiger partial charge in [0.25, 0.3) is 0 Å². The molecule has 0 bridgehead atoms. The molecule has 8 heteroatoms. The van der Waals surface area contributed by atoms with Crippen LogP contribution >= 0.6 is 22.9 Å². The van der Waals surface area contributed by atoms with E-state index in [4.69, 9.17) is 11.6 Å². The maximum Gasteiger partial charge on any atom is 0.308 e. The van der Waals surface area contributed by atoms with Crippen molar-refractivity contribution >= 4 is 43.2 Å². The van der Waals surface area contributed by atoms with Gasteiger partial charge in [-0.25, -0.2) is 13.1 Å². The van der Waals surface area contributed by atoms with Crippen LogP contribution in [0.25, 0.3) is 10.2 Å². The molecule has 0 unspecified atom stereocenters. The Bertz CT molecular complexity index is 1370. The van der Waals surface area contributed by atoms with Crippen molar-refractivity contribution in [3.05, 3.63) is 98.1 Å². The lowest BCUT2D eigenvalue weighted by Crippen LogP contribution is -2.23. The molecule has 4 aromatic rings. The summed E-state index contributed by atoms with van der Waals surface area (Å²) in [5, 5.41) is 0.586. The number of halogens is 1. The highest BCUT2D eigenvalue weighted by molar-refractivity contribution is 7.89. The van der Waals surface area contributed by atoms with Crippen molar-refractivity contribution in [2.75, 3.05) is 0 Å². The number of fused-ring (bicyclic) bond motifs is 1. The van der Waals surface area contributed by atoms with E-state index in [0.717, 1.165) is 28.0 Å². The monoisotopic (exact) mass is 458 g/mol. The first-order chi connectivity index (χ1) is 14.3. The minimum Gasteiger partial charge on any atom is -0.294 e. The van der Waals surface area contributed by atoms with Crippen LogP contribution in [-0.2, 0) is 23.1 Å². The van der Waals surface area contributed by atoms with Gasteiger partial charge >= 0.3 is 4.87 Å². The van der Waals surface area contributed by atoms with Crippen molar-refractivity contribution in [1.82, 2.24) is 9.29 Å². The van der Waals surface area contributed by atoms with Gasteiger partial charge in [0, 0.05) is 11.6 Å². The van der Waals surface area contributed by atoms with Crippen LogP contribution in [0, 0.1) is 6.92 Å². The minimum atomic E-state index is -3.70. The predicted octanol–water partition coefficient (Wildman–Crippen LogP) is 4.55. The molecule has 0 amide bonds. The molecule has 3 aromatic carbocycles. The van der Waals surface area contributed by atoms with Crippen LogP contribution in [0.15, 0.2) is 76.4 Å². The first-order valence-corrected chi connectivity index (χ1v) is 11.9. The summed E-state index contributed by atoms with van der Waals surface area (Å²) in [7, 11) is -3.70. The van der Waals surface area contributed by atoms with Crippen LogP contribution < -0.4 is 9.60 Å². The molecule has 4 rings (SSSR count). The topological polar surface area (TPSA) is 68.2 Å². The predicted molar refractivity (Wildman–Crippen MR) is 122 cm³/mol. The van der Waals surface area contributed by atoms with Crippen LogP contribution in [0.3, 0.4) is 0 Å². The fourth-order valence-electron chi connectivity index (χ4n) is 3.13. The van der Waals surface area contributed by atoms with E-state index in [1.807, 2.05) is 49.4 Å². The van der Waals surface area contributed by atoms with E-state index in [9.17, 15) is 13.2 Å². The summed E-state index contributed by atoms with van der Waals surface area (Å²) in [5.74, 6) is 0. The molecule has 1 aromatic heterocycles.